The Labute approximate surface area is 152 Å². The highest BCUT2D eigenvalue weighted by Gasteiger charge is 2.37. The maximum Gasteiger partial charge on any atom is 0.320 e. The molecule has 1 saturated heterocycles. The van der Waals surface area contributed by atoms with Gasteiger partial charge in [-0.15, -0.1) is 0 Å². The maximum atomic E-state index is 11.8. The van der Waals surface area contributed by atoms with Crippen molar-refractivity contribution in [1.29, 1.82) is 0 Å². The molecule has 2 unspecified atom stereocenters. The normalized spacial score (nSPS) is 19.5. The van der Waals surface area contributed by atoms with Crippen molar-refractivity contribution in [3.05, 3.63) is 52.9 Å². The van der Waals surface area contributed by atoms with E-state index in [2.05, 4.69) is 0 Å². The van der Waals surface area contributed by atoms with Gasteiger partial charge >= 0.3 is 5.97 Å². The van der Waals surface area contributed by atoms with Crippen LogP contribution < -0.4 is 4.74 Å². The first-order valence-corrected chi connectivity index (χ1v) is 8.93. The number of piperidine rings is 1. The van der Waals surface area contributed by atoms with Gasteiger partial charge in [0.1, 0.15) is 17.6 Å². The Bertz CT molecular complexity index is 716. The quantitative estimate of drug-likeness (QED) is 0.826. The average molecular weight is 364 g/mol. The second-order valence-corrected chi connectivity index (χ2v) is 6.56. The highest BCUT2D eigenvalue weighted by atomic mass is 35.5. The summed E-state index contributed by atoms with van der Waals surface area (Å²) in [4.78, 5) is 13.8. The zero-order valence-electron chi connectivity index (χ0n) is 14.2. The minimum atomic E-state index is -0.809. The van der Waals surface area contributed by atoms with Gasteiger partial charge in [0.2, 0.25) is 0 Å². The second kappa shape index (κ2) is 7.93. The average Bonchev–Trinajstić information content (AvgIpc) is 3.12. The number of furan rings is 1. The van der Waals surface area contributed by atoms with Crippen molar-refractivity contribution < 1.29 is 19.1 Å². The molecule has 0 aliphatic carbocycles. The molecule has 134 valence electrons. The summed E-state index contributed by atoms with van der Waals surface area (Å²) >= 11 is 6.24. The van der Waals surface area contributed by atoms with E-state index >= 15 is 0 Å². The lowest BCUT2D eigenvalue weighted by Crippen LogP contribution is -2.46. The molecule has 2 aromatic rings. The molecule has 0 bridgehead atoms. The predicted molar refractivity (Wildman–Crippen MR) is 95.2 cm³/mol. The minimum absolute atomic E-state index is 0.350. The van der Waals surface area contributed by atoms with Crippen LogP contribution in [0.15, 0.2) is 41.0 Å². The fourth-order valence-corrected chi connectivity index (χ4v) is 3.67. The van der Waals surface area contributed by atoms with Gasteiger partial charge in [-0.25, -0.2) is 0 Å². The van der Waals surface area contributed by atoms with Crippen molar-refractivity contribution >= 4 is 17.6 Å². The number of halogens is 1. The topological polar surface area (TPSA) is 62.9 Å². The molecule has 1 fully saturated rings. The van der Waals surface area contributed by atoms with E-state index in [1.165, 1.54) is 0 Å². The third kappa shape index (κ3) is 3.83. The van der Waals surface area contributed by atoms with E-state index < -0.39 is 12.0 Å². The summed E-state index contributed by atoms with van der Waals surface area (Å²) in [5.41, 5.74) is 0.831. The standard InChI is InChI=1S/C19H22ClNO4/c1-2-24-16-9-8-13(20)12-14(16)18(17-7-5-11-25-17)21-10-4-3-6-15(21)19(22)23/h5,7-9,11-12,15,18H,2-4,6,10H2,1H3,(H,22,23). The summed E-state index contributed by atoms with van der Waals surface area (Å²) in [6, 6.07) is 8.22. The molecule has 1 N–H and O–H groups in total. The number of aliphatic carboxylic acids is 1. The summed E-state index contributed by atoms with van der Waals surface area (Å²) in [5.74, 6) is 0.579. The van der Waals surface area contributed by atoms with Gasteiger partial charge in [0.25, 0.3) is 0 Å². The summed E-state index contributed by atoms with van der Waals surface area (Å²) < 4.78 is 11.5. The van der Waals surface area contributed by atoms with Gasteiger partial charge in [0.05, 0.1) is 18.9 Å². The summed E-state index contributed by atoms with van der Waals surface area (Å²) in [7, 11) is 0. The van der Waals surface area contributed by atoms with Crippen LogP contribution in [-0.2, 0) is 4.79 Å². The zero-order valence-corrected chi connectivity index (χ0v) is 14.9. The third-order valence-corrected chi connectivity index (χ3v) is 4.77. The lowest BCUT2D eigenvalue weighted by molar-refractivity contribution is -0.145. The lowest BCUT2D eigenvalue weighted by atomic mass is 9.94. The molecule has 1 aromatic carbocycles. The molecule has 6 heteroatoms. The Kier molecular flexibility index (Phi) is 5.66. The van der Waals surface area contributed by atoms with E-state index in [1.807, 2.05) is 36.1 Å². The van der Waals surface area contributed by atoms with Crippen LogP contribution >= 0.6 is 11.6 Å². The molecule has 1 aliphatic rings. The van der Waals surface area contributed by atoms with E-state index in [-0.39, 0.29) is 6.04 Å². The molecule has 2 heterocycles. The molecular formula is C19H22ClNO4. The number of hydrogen-bond donors (Lipinski definition) is 1. The van der Waals surface area contributed by atoms with Crippen LogP contribution in [0.5, 0.6) is 5.75 Å². The first kappa shape index (κ1) is 17.8. The molecule has 25 heavy (non-hydrogen) atoms. The Hall–Kier alpha value is -1.98. The fraction of sp³-hybridized carbons (Fsp3) is 0.421. The number of nitrogens with zero attached hydrogens (tertiary/aromatic N) is 1. The number of benzene rings is 1. The van der Waals surface area contributed by atoms with E-state index in [9.17, 15) is 9.90 Å². The van der Waals surface area contributed by atoms with Crippen LogP contribution in [0, 0.1) is 0 Å². The number of ether oxygens (including phenoxy) is 1. The molecule has 0 spiro atoms. The predicted octanol–water partition coefficient (Wildman–Crippen LogP) is 4.36. The van der Waals surface area contributed by atoms with Gasteiger partial charge < -0.3 is 14.3 Å². The molecule has 0 radical (unpaired) electrons. The van der Waals surface area contributed by atoms with Gasteiger partial charge in [-0.3, -0.25) is 9.69 Å². The molecule has 1 aromatic heterocycles. The van der Waals surface area contributed by atoms with Crippen LogP contribution in [0.4, 0.5) is 0 Å². The highest BCUT2D eigenvalue weighted by molar-refractivity contribution is 6.30. The Morgan fingerprint density at radius 3 is 2.96 bits per heavy atom. The van der Waals surface area contributed by atoms with Gasteiger partial charge in [0, 0.05) is 17.1 Å². The first-order valence-electron chi connectivity index (χ1n) is 8.56. The van der Waals surface area contributed by atoms with E-state index in [0.717, 1.165) is 18.4 Å². The Balaban J connectivity index is 2.10. The number of rotatable bonds is 6. The SMILES string of the molecule is CCOc1ccc(Cl)cc1C(c1ccco1)N1CCCCC1C(=O)O. The van der Waals surface area contributed by atoms with Crippen molar-refractivity contribution in [3.63, 3.8) is 0 Å². The number of carboxylic acid groups (broad SMARTS) is 1. The molecule has 3 rings (SSSR count). The van der Waals surface area contributed by atoms with E-state index in [1.54, 1.807) is 12.3 Å². The van der Waals surface area contributed by atoms with Crippen molar-refractivity contribution in [2.24, 2.45) is 0 Å². The fourth-order valence-electron chi connectivity index (χ4n) is 3.49. The molecule has 2 atom stereocenters. The van der Waals surface area contributed by atoms with Gasteiger partial charge in [0.15, 0.2) is 0 Å². The zero-order chi connectivity index (χ0) is 17.8. The number of likely N-dealkylation sites (tertiary alicyclic amines) is 1. The molecule has 0 saturated carbocycles. The molecular weight excluding hydrogens is 342 g/mol. The van der Waals surface area contributed by atoms with Crippen LogP contribution in [0.1, 0.15) is 43.6 Å². The van der Waals surface area contributed by atoms with Crippen molar-refractivity contribution in [2.45, 2.75) is 38.3 Å². The van der Waals surface area contributed by atoms with Crippen molar-refractivity contribution in [1.82, 2.24) is 4.90 Å². The molecule has 1 aliphatic heterocycles. The highest BCUT2D eigenvalue weighted by Crippen LogP contribution is 2.39. The van der Waals surface area contributed by atoms with Crippen LogP contribution in [0.25, 0.3) is 0 Å². The van der Waals surface area contributed by atoms with Crippen LogP contribution in [0.2, 0.25) is 5.02 Å². The van der Waals surface area contributed by atoms with Crippen LogP contribution in [-0.4, -0.2) is 35.2 Å². The number of carbonyl (C=O) groups is 1. The van der Waals surface area contributed by atoms with Crippen molar-refractivity contribution in [2.75, 3.05) is 13.2 Å². The largest absolute Gasteiger partial charge is 0.494 e. The monoisotopic (exact) mass is 363 g/mol. The van der Waals surface area contributed by atoms with E-state index in [4.69, 9.17) is 20.8 Å². The number of carboxylic acids is 1. The van der Waals surface area contributed by atoms with Crippen molar-refractivity contribution in [3.8, 4) is 5.75 Å². The molecule has 5 nitrogen and oxygen atoms in total. The number of hydrogen-bond acceptors (Lipinski definition) is 4. The van der Waals surface area contributed by atoms with E-state index in [0.29, 0.717) is 36.1 Å². The Morgan fingerprint density at radius 1 is 1.44 bits per heavy atom. The summed E-state index contributed by atoms with van der Waals surface area (Å²) in [5, 5.41) is 10.3. The lowest BCUT2D eigenvalue weighted by Gasteiger charge is -2.38. The second-order valence-electron chi connectivity index (χ2n) is 6.12. The van der Waals surface area contributed by atoms with Gasteiger partial charge in [-0.05, 0) is 50.1 Å². The smallest absolute Gasteiger partial charge is 0.320 e. The Morgan fingerprint density at radius 2 is 2.28 bits per heavy atom. The third-order valence-electron chi connectivity index (χ3n) is 4.54. The van der Waals surface area contributed by atoms with Gasteiger partial charge in [-0.2, -0.15) is 0 Å². The minimum Gasteiger partial charge on any atom is -0.494 e. The molecule has 0 amide bonds. The first-order chi connectivity index (χ1) is 12.1. The maximum absolute atomic E-state index is 11.8. The summed E-state index contributed by atoms with van der Waals surface area (Å²) in [6.07, 6.45) is 4.09. The van der Waals surface area contributed by atoms with Gasteiger partial charge in [-0.1, -0.05) is 18.0 Å². The summed E-state index contributed by atoms with van der Waals surface area (Å²) in [6.45, 7) is 3.11. The van der Waals surface area contributed by atoms with Crippen LogP contribution in [0.3, 0.4) is 0 Å².